The Labute approximate surface area is 382 Å². The highest BCUT2D eigenvalue weighted by Crippen LogP contribution is 2.20. The fourth-order valence-corrected chi connectivity index (χ4v) is 7.62. The predicted octanol–water partition coefficient (Wildman–Crippen LogP) is 11.5. The maximum absolute atomic E-state index is 12.6. The van der Waals surface area contributed by atoms with E-state index in [1.807, 2.05) is 24.3 Å². The monoisotopic (exact) mass is 886 g/mol. The number of unbranched alkanes of at least 4 members (excludes halogenated alkanes) is 10. The summed E-state index contributed by atoms with van der Waals surface area (Å²) in [6.45, 7) is 19.0. The van der Waals surface area contributed by atoms with Crippen LogP contribution in [-0.4, -0.2) is 87.4 Å². The first kappa shape index (κ1) is 57.3. The van der Waals surface area contributed by atoms with Crippen LogP contribution in [0.3, 0.4) is 0 Å². The zero-order valence-corrected chi connectivity index (χ0v) is 39.4. The lowest BCUT2D eigenvalue weighted by molar-refractivity contribution is -0.154. The largest absolute Gasteiger partial charge is 0.465 e. The number of carbonyl (C=O) groups excluding carboxylic acids is 5. The lowest BCUT2D eigenvalue weighted by atomic mass is 9.96. The molecule has 0 aromatic heterocycles. The molecule has 0 unspecified atom stereocenters. The molecule has 0 aromatic carbocycles. The molecule has 360 valence electrons. The number of hydrogen-bond acceptors (Lipinski definition) is 11. The van der Waals surface area contributed by atoms with Crippen molar-refractivity contribution in [1.82, 2.24) is 4.90 Å². The maximum atomic E-state index is 12.6. The normalized spacial score (nSPS) is 12.6. The van der Waals surface area contributed by atoms with Gasteiger partial charge < -0.3 is 28.6 Å². The quantitative estimate of drug-likeness (QED) is 0.0250. The summed E-state index contributed by atoms with van der Waals surface area (Å²) in [4.78, 5) is 64.9. The second-order valence-corrected chi connectivity index (χ2v) is 17.4. The number of rotatable bonds is 44. The van der Waals surface area contributed by atoms with Crippen LogP contribution in [0.1, 0.15) is 180 Å². The molecule has 0 bridgehead atoms. The molecule has 11 nitrogen and oxygen atoms in total. The van der Waals surface area contributed by atoms with E-state index < -0.39 is 5.92 Å². The molecule has 1 aliphatic rings. The summed E-state index contributed by atoms with van der Waals surface area (Å²) in [6.07, 6.45) is 30.2. The van der Waals surface area contributed by atoms with Gasteiger partial charge in [0.2, 0.25) is 0 Å². The van der Waals surface area contributed by atoms with Gasteiger partial charge >= 0.3 is 29.8 Å². The van der Waals surface area contributed by atoms with Gasteiger partial charge in [0, 0.05) is 32.1 Å². The topological polar surface area (TPSA) is 135 Å². The summed E-state index contributed by atoms with van der Waals surface area (Å²) in [7, 11) is 0. The van der Waals surface area contributed by atoms with E-state index in [-0.39, 0.29) is 62.5 Å². The Kier molecular flexibility index (Phi) is 37.3. The van der Waals surface area contributed by atoms with Gasteiger partial charge in [-0.15, -0.1) is 26.3 Å². The molecule has 63 heavy (non-hydrogen) atoms. The van der Waals surface area contributed by atoms with Crippen molar-refractivity contribution < 1.29 is 47.7 Å². The van der Waals surface area contributed by atoms with E-state index in [0.29, 0.717) is 70.0 Å². The van der Waals surface area contributed by atoms with Crippen LogP contribution >= 0.6 is 0 Å². The molecular weight excluding hydrogens is 799 g/mol. The van der Waals surface area contributed by atoms with E-state index in [1.165, 1.54) is 12.8 Å². The summed E-state index contributed by atoms with van der Waals surface area (Å²) >= 11 is 0. The van der Waals surface area contributed by atoms with Crippen molar-refractivity contribution in [3.63, 3.8) is 0 Å². The molecule has 1 rings (SSSR count). The molecule has 0 spiro atoms. The highest BCUT2D eigenvalue weighted by atomic mass is 16.6. The van der Waals surface area contributed by atoms with Crippen molar-refractivity contribution in [3.8, 4) is 0 Å². The Morgan fingerprint density at radius 2 is 0.651 bits per heavy atom. The van der Waals surface area contributed by atoms with Gasteiger partial charge in [-0.05, 0) is 153 Å². The first-order valence-electron chi connectivity index (χ1n) is 24.6. The lowest BCUT2D eigenvalue weighted by Gasteiger charge is -2.18. The Morgan fingerprint density at radius 1 is 0.381 bits per heavy atom. The summed E-state index contributed by atoms with van der Waals surface area (Å²) in [5, 5.41) is 0. The third-order valence-corrected chi connectivity index (χ3v) is 11.6. The smallest absolute Gasteiger partial charge is 0.305 e. The summed E-state index contributed by atoms with van der Waals surface area (Å²) in [5.41, 5.74) is 0. The van der Waals surface area contributed by atoms with Gasteiger partial charge in [-0.2, -0.15) is 0 Å². The van der Waals surface area contributed by atoms with Gasteiger partial charge in [-0.1, -0.05) is 50.0 Å². The van der Waals surface area contributed by atoms with Crippen LogP contribution in [0.5, 0.6) is 0 Å². The molecule has 0 saturated carbocycles. The second-order valence-electron chi connectivity index (χ2n) is 17.4. The summed E-state index contributed by atoms with van der Waals surface area (Å²) in [5.74, 6) is -1.17. The maximum Gasteiger partial charge on any atom is 0.305 e. The van der Waals surface area contributed by atoms with Gasteiger partial charge in [0.1, 0.15) is 19.8 Å². The van der Waals surface area contributed by atoms with Crippen molar-refractivity contribution in [3.05, 3.63) is 50.6 Å². The Morgan fingerprint density at radius 3 is 0.937 bits per heavy atom. The van der Waals surface area contributed by atoms with E-state index in [4.69, 9.17) is 23.7 Å². The molecule has 0 aliphatic carbocycles. The molecule has 1 saturated heterocycles. The highest BCUT2D eigenvalue weighted by Gasteiger charge is 2.19. The van der Waals surface area contributed by atoms with E-state index in [2.05, 4.69) is 31.2 Å². The van der Waals surface area contributed by atoms with E-state index >= 15 is 0 Å². The molecule has 0 amide bonds. The molecule has 1 aliphatic heterocycles. The Balaban J connectivity index is 2.39. The molecule has 0 radical (unpaired) electrons. The zero-order valence-electron chi connectivity index (χ0n) is 39.4. The molecular formula is C52H87NO10. The first-order chi connectivity index (χ1) is 30.7. The number of hydrogen-bond donors (Lipinski definition) is 0. The average molecular weight is 886 g/mol. The van der Waals surface area contributed by atoms with E-state index in [1.54, 1.807) is 0 Å². The van der Waals surface area contributed by atoms with Crippen molar-refractivity contribution in [2.45, 2.75) is 180 Å². The van der Waals surface area contributed by atoms with Crippen molar-refractivity contribution in [2.24, 2.45) is 17.8 Å². The third-order valence-electron chi connectivity index (χ3n) is 11.6. The molecule has 0 atom stereocenters. The number of allylic oxidation sites excluding steroid dienone is 4. The Hall–Kier alpha value is -3.73. The van der Waals surface area contributed by atoms with Crippen LogP contribution in [0.2, 0.25) is 0 Å². The van der Waals surface area contributed by atoms with Gasteiger partial charge in [0.15, 0.2) is 0 Å². The number of esters is 5. The van der Waals surface area contributed by atoms with Crippen molar-refractivity contribution in [2.75, 3.05) is 52.7 Å². The molecule has 1 fully saturated rings. The van der Waals surface area contributed by atoms with Crippen LogP contribution in [0, 0.1) is 17.8 Å². The van der Waals surface area contributed by atoms with Crippen LogP contribution in [0.25, 0.3) is 0 Å². The van der Waals surface area contributed by atoms with Crippen LogP contribution in [-0.2, 0) is 47.7 Å². The van der Waals surface area contributed by atoms with E-state index in [0.717, 1.165) is 129 Å². The highest BCUT2D eigenvalue weighted by molar-refractivity contribution is 5.71. The third kappa shape index (κ3) is 35.3. The first-order valence-corrected chi connectivity index (χ1v) is 24.6. The summed E-state index contributed by atoms with van der Waals surface area (Å²) in [6, 6.07) is 0. The van der Waals surface area contributed by atoms with Gasteiger partial charge in [-0.3, -0.25) is 24.0 Å². The number of ether oxygens (including phenoxy) is 5. The van der Waals surface area contributed by atoms with Crippen LogP contribution < -0.4 is 0 Å². The van der Waals surface area contributed by atoms with E-state index in [9.17, 15) is 24.0 Å². The molecule has 0 N–H and O–H groups in total. The number of likely N-dealkylation sites (tertiary alicyclic amines) is 1. The van der Waals surface area contributed by atoms with Crippen LogP contribution in [0.15, 0.2) is 50.6 Å². The number of carbonyl (C=O) groups is 5. The minimum absolute atomic E-state index is 0.00983. The SMILES string of the molecule is C=CCCCC(CCCC=C)COC(=O)CCCCCCC(=O)OCC(COC(=O)CCCCCCC(=O)OCC(CCCC=C)CCCC=C)COC(=O)CCCN1CCCC1. The fraction of sp³-hybridized carbons (Fsp3) is 0.750. The average Bonchev–Trinajstić information content (AvgIpc) is 3.80. The van der Waals surface area contributed by atoms with Gasteiger partial charge in [0.25, 0.3) is 0 Å². The van der Waals surface area contributed by atoms with Crippen molar-refractivity contribution >= 4 is 29.8 Å². The number of nitrogens with zero attached hydrogens (tertiary/aromatic N) is 1. The molecule has 0 aromatic rings. The Bertz CT molecular complexity index is 1160. The van der Waals surface area contributed by atoms with Gasteiger partial charge in [0.05, 0.1) is 19.1 Å². The standard InChI is InChI=1S/C52H87NO10/c1-5-9-17-28-45(29-18-10-6-2)40-59-48(54)32-21-13-15-23-34-50(56)61-42-47(44-63-52(58)36-27-39-53-37-25-26-38-53)43-62-51(57)35-24-16-14-22-33-49(55)60-41-46(30-19-11-7-3)31-20-12-8-4/h5-8,45-47H,1-4,9-44H2. The molecule has 11 heteroatoms. The predicted molar refractivity (Wildman–Crippen MR) is 252 cm³/mol. The fourth-order valence-electron chi connectivity index (χ4n) is 7.62. The van der Waals surface area contributed by atoms with Crippen molar-refractivity contribution in [1.29, 1.82) is 0 Å². The lowest BCUT2D eigenvalue weighted by Crippen LogP contribution is -2.27. The minimum atomic E-state index is -0.482. The van der Waals surface area contributed by atoms with Gasteiger partial charge in [-0.25, -0.2) is 0 Å². The van der Waals surface area contributed by atoms with Crippen LogP contribution in [0.4, 0.5) is 0 Å². The summed E-state index contributed by atoms with van der Waals surface area (Å²) < 4.78 is 27.8. The zero-order chi connectivity index (χ0) is 46.0. The second kappa shape index (κ2) is 41.0. The minimum Gasteiger partial charge on any atom is -0.465 e. The molecule has 1 heterocycles.